The standard InChI is InChI=1S/C21H39N5O/c1-5-22-21(24-14-17-25(2)16-10-18-27-4)23-13-9-15-26(3)19-20-11-7-6-8-12-20/h6-8,11-12H,5,9-10,13-19H2,1-4H3,(H2,22,23,24). The summed E-state index contributed by atoms with van der Waals surface area (Å²) in [6, 6.07) is 10.6. The van der Waals surface area contributed by atoms with Gasteiger partial charge in [0.15, 0.2) is 5.96 Å². The first-order chi connectivity index (χ1) is 13.2. The van der Waals surface area contributed by atoms with Crippen LogP contribution in [-0.4, -0.2) is 82.8 Å². The number of ether oxygens (including phenoxy) is 1. The minimum atomic E-state index is 0.820. The lowest BCUT2D eigenvalue weighted by atomic mass is 10.2. The van der Waals surface area contributed by atoms with E-state index in [1.165, 1.54) is 5.56 Å². The number of rotatable bonds is 14. The molecule has 0 heterocycles. The van der Waals surface area contributed by atoms with Crippen LogP contribution < -0.4 is 10.6 Å². The summed E-state index contributed by atoms with van der Waals surface area (Å²) in [6.45, 7) is 9.59. The number of nitrogens with one attached hydrogen (secondary N) is 2. The quantitative estimate of drug-likeness (QED) is 0.295. The van der Waals surface area contributed by atoms with E-state index in [-0.39, 0.29) is 0 Å². The van der Waals surface area contributed by atoms with Crippen LogP contribution in [0.4, 0.5) is 0 Å². The Bertz CT molecular complexity index is 495. The van der Waals surface area contributed by atoms with Crippen LogP contribution in [0.15, 0.2) is 35.3 Å². The number of aliphatic imine (C=N–C) groups is 1. The van der Waals surface area contributed by atoms with E-state index in [0.29, 0.717) is 0 Å². The zero-order valence-electron chi connectivity index (χ0n) is 17.7. The maximum absolute atomic E-state index is 5.10. The van der Waals surface area contributed by atoms with E-state index in [1.807, 2.05) is 0 Å². The van der Waals surface area contributed by atoms with E-state index in [1.54, 1.807) is 7.11 Å². The monoisotopic (exact) mass is 377 g/mol. The van der Waals surface area contributed by atoms with Crippen LogP contribution in [0.5, 0.6) is 0 Å². The molecule has 0 fully saturated rings. The Labute approximate surface area is 166 Å². The molecule has 2 N–H and O–H groups in total. The summed E-state index contributed by atoms with van der Waals surface area (Å²) in [7, 11) is 6.06. The Balaban J connectivity index is 2.22. The van der Waals surface area contributed by atoms with Crippen molar-refractivity contribution in [3.63, 3.8) is 0 Å². The predicted octanol–water partition coefficient (Wildman–Crippen LogP) is 2.03. The molecule has 0 bridgehead atoms. The van der Waals surface area contributed by atoms with E-state index >= 15 is 0 Å². The van der Waals surface area contributed by atoms with E-state index in [0.717, 1.165) is 71.2 Å². The predicted molar refractivity (Wildman–Crippen MR) is 115 cm³/mol. The van der Waals surface area contributed by atoms with Crippen molar-refractivity contribution in [2.45, 2.75) is 26.3 Å². The molecule has 0 aromatic heterocycles. The lowest BCUT2D eigenvalue weighted by molar-refractivity contribution is 0.180. The van der Waals surface area contributed by atoms with Gasteiger partial charge >= 0.3 is 0 Å². The molecule has 0 aliphatic rings. The molecule has 1 rings (SSSR count). The minimum absolute atomic E-state index is 0.820. The van der Waals surface area contributed by atoms with Gasteiger partial charge in [-0.25, -0.2) is 0 Å². The SMILES string of the molecule is CCNC(=NCCCN(C)Cc1ccccc1)NCCN(C)CCCOC. The van der Waals surface area contributed by atoms with E-state index in [9.17, 15) is 0 Å². The molecule has 0 aliphatic heterocycles. The number of guanidine groups is 1. The first kappa shape index (κ1) is 23.4. The zero-order valence-corrected chi connectivity index (χ0v) is 17.7. The highest BCUT2D eigenvalue weighted by Crippen LogP contribution is 2.02. The smallest absolute Gasteiger partial charge is 0.191 e. The summed E-state index contributed by atoms with van der Waals surface area (Å²) in [5, 5.41) is 6.75. The summed E-state index contributed by atoms with van der Waals surface area (Å²) in [5.74, 6) is 0.911. The van der Waals surface area contributed by atoms with Gasteiger partial charge in [0.25, 0.3) is 0 Å². The van der Waals surface area contributed by atoms with Gasteiger partial charge in [0.05, 0.1) is 0 Å². The van der Waals surface area contributed by atoms with E-state index in [4.69, 9.17) is 9.73 Å². The third-order valence-corrected chi connectivity index (χ3v) is 4.28. The van der Waals surface area contributed by atoms with Crippen LogP contribution in [-0.2, 0) is 11.3 Å². The number of benzene rings is 1. The largest absolute Gasteiger partial charge is 0.385 e. The summed E-state index contributed by atoms with van der Waals surface area (Å²) in [6.07, 6.45) is 2.12. The summed E-state index contributed by atoms with van der Waals surface area (Å²) in [4.78, 5) is 9.35. The van der Waals surface area contributed by atoms with Gasteiger partial charge < -0.3 is 25.2 Å². The Morgan fingerprint density at radius 2 is 1.74 bits per heavy atom. The van der Waals surface area contributed by atoms with Crippen molar-refractivity contribution in [1.29, 1.82) is 0 Å². The molecule has 0 unspecified atom stereocenters. The molecule has 6 heteroatoms. The lowest BCUT2D eigenvalue weighted by Gasteiger charge is -2.18. The molecular weight excluding hydrogens is 338 g/mol. The zero-order chi connectivity index (χ0) is 19.7. The van der Waals surface area contributed by atoms with E-state index in [2.05, 4.69) is 71.8 Å². The fraction of sp³-hybridized carbons (Fsp3) is 0.667. The van der Waals surface area contributed by atoms with Crippen molar-refractivity contribution < 1.29 is 4.74 Å². The van der Waals surface area contributed by atoms with Crippen LogP contribution in [0.25, 0.3) is 0 Å². The molecule has 1 aromatic carbocycles. The van der Waals surface area contributed by atoms with Crippen LogP contribution in [0.3, 0.4) is 0 Å². The van der Waals surface area contributed by atoms with Crippen molar-refractivity contribution in [2.24, 2.45) is 4.99 Å². The van der Waals surface area contributed by atoms with Crippen molar-refractivity contribution >= 4 is 5.96 Å². The molecule has 0 amide bonds. The molecular formula is C21H39N5O. The number of likely N-dealkylation sites (N-methyl/N-ethyl adjacent to an activating group) is 1. The second-order valence-electron chi connectivity index (χ2n) is 6.91. The van der Waals surface area contributed by atoms with Crippen molar-refractivity contribution in [3.05, 3.63) is 35.9 Å². The second kappa shape index (κ2) is 15.4. The van der Waals surface area contributed by atoms with Gasteiger partial charge in [-0.2, -0.15) is 0 Å². The molecule has 27 heavy (non-hydrogen) atoms. The van der Waals surface area contributed by atoms with Gasteiger partial charge in [0.2, 0.25) is 0 Å². The number of nitrogens with zero attached hydrogens (tertiary/aromatic N) is 3. The maximum atomic E-state index is 5.10. The fourth-order valence-electron chi connectivity index (χ4n) is 2.80. The summed E-state index contributed by atoms with van der Waals surface area (Å²) >= 11 is 0. The normalized spacial score (nSPS) is 12.0. The molecule has 0 atom stereocenters. The van der Waals surface area contributed by atoms with Crippen molar-refractivity contribution in [1.82, 2.24) is 20.4 Å². The Hall–Kier alpha value is -1.63. The van der Waals surface area contributed by atoms with Crippen molar-refractivity contribution in [3.8, 4) is 0 Å². The van der Waals surface area contributed by atoms with Crippen LogP contribution >= 0.6 is 0 Å². The average molecular weight is 378 g/mol. The highest BCUT2D eigenvalue weighted by molar-refractivity contribution is 5.79. The van der Waals surface area contributed by atoms with E-state index < -0.39 is 0 Å². The lowest BCUT2D eigenvalue weighted by Crippen LogP contribution is -2.41. The van der Waals surface area contributed by atoms with Gasteiger partial charge in [0, 0.05) is 53.0 Å². The Morgan fingerprint density at radius 3 is 2.44 bits per heavy atom. The molecule has 0 spiro atoms. The minimum Gasteiger partial charge on any atom is -0.385 e. The second-order valence-corrected chi connectivity index (χ2v) is 6.91. The summed E-state index contributed by atoms with van der Waals surface area (Å²) < 4.78 is 5.10. The molecule has 154 valence electrons. The number of methoxy groups -OCH3 is 1. The molecule has 1 aromatic rings. The van der Waals surface area contributed by atoms with Crippen LogP contribution in [0.1, 0.15) is 25.3 Å². The third-order valence-electron chi connectivity index (χ3n) is 4.28. The number of hydrogen-bond donors (Lipinski definition) is 2. The maximum Gasteiger partial charge on any atom is 0.191 e. The first-order valence-corrected chi connectivity index (χ1v) is 10.1. The Morgan fingerprint density at radius 1 is 1.00 bits per heavy atom. The van der Waals surface area contributed by atoms with Gasteiger partial charge in [-0.3, -0.25) is 4.99 Å². The summed E-state index contributed by atoms with van der Waals surface area (Å²) in [5.41, 5.74) is 1.35. The molecule has 0 saturated heterocycles. The van der Waals surface area contributed by atoms with Crippen LogP contribution in [0.2, 0.25) is 0 Å². The topological polar surface area (TPSA) is 52.1 Å². The molecule has 0 aliphatic carbocycles. The number of hydrogen-bond acceptors (Lipinski definition) is 4. The van der Waals surface area contributed by atoms with Gasteiger partial charge in [-0.1, -0.05) is 30.3 Å². The average Bonchev–Trinajstić information content (AvgIpc) is 2.66. The highest BCUT2D eigenvalue weighted by atomic mass is 16.5. The third kappa shape index (κ3) is 12.4. The highest BCUT2D eigenvalue weighted by Gasteiger charge is 2.02. The van der Waals surface area contributed by atoms with Gasteiger partial charge in [0.1, 0.15) is 0 Å². The fourth-order valence-corrected chi connectivity index (χ4v) is 2.80. The van der Waals surface area contributed by atoms with Crippen molar-refractivity contribution in [2.75, 3.05) is 67.1 Å². The first-order valence-electron chi connectivity index (χ1n) is 10.1. The van der Waals surface area contributed by atoms with Gasteiger partial charge in [-0.15, -0.1) is 0 Å². The van der Waals surface area contributed by atoms with Crippen LogP contribution in [0, 0.1) is 0 Å². The molecule has 0 saturated carbocycles. The molecule has 0 radical (unpaired) electrons. The molecule has 6 nitrogen and oxygen atoms in total. The van der Waals surface area contributed by atoms with Gasteiger partial charge in [-0.05, 0) is 46.0 Å². The Kier molecular flexibility index (Phi) is 13.4.